The predicted molar refractivity (Wildman–Crippen MR) is 114 cm³/mol. The molecule has 1 aliphatic heterocycles. The number of fused-ring (bicyclic) bond motifs is 1. The van der Waals surface area contributed by atoms with Crippen molar-refractivity contribution in [3.8, 4) is 11.1 Å². The smallest absolute Gasteiger partial charge is 0.167 e. The van der Waals surface area contributed by atoms with Crippen molar-refractivity contribution in [3.63, 3.8) is 0 Å². The third kappa shape index (κ3) is 3.77. The van der Waals surface area contributed by atoms with E-state index in [1.807, 2.05) is 10.6 Å². The highest BCUT2D eigenvalue weighted by molar-refractivity contribution is 5.81. The van der Waals surface area contributed by atoms with Crippen LogP contribution in [0.3, 0.4) is 0 Å². The number of rotatable bonds is 6. The molecular formula is C23H23N5O2. The van der Waals surface area contributed by atoms with Crippen LogP contribution in [0.2, 0.25) is 0 Å². The third-order valence-corrected chi connectivity index (χ3v) is 5.42. The van der Waals surface area contributed by atoms with Crippen LogP contribution >= 0.6 is 0 Å². The number of benzene rings is 2. The Bertz CT molecular complexity index is 1130. The Morgan fingerprint density at radius 2 is 1.77 bits per heavy atom. The highest BCUT2D eigenvalue weighted by atomic mass is 16.5. The van der Waals surface area contributed by atoms with E-state index in [0.717, 1.165) is 18.4 Å². The van der Waals surface area contributed by atoms with E-state index in [1.165, 1.54) is 17.5 Å². The van der Waals surface area contributed by atoms with Crippen molar-refractivity contribution in [1.82, 2.24) is 19.5 Å². The van der Waals surface area contributed by atoms with Gasteiger partial charge in [-0.25, -0.2) is 15.0 Å². The van der Waals surface area contributed by atoms with E-state index < -0.39 is 0 Å². The van der Waals surface area contributed by atoms with Gasteiger partial charge in [0.1, 0.15) is 18.1 Å². The molecular weight excluding hydrogens is 378 g/mol. The first-order valence-corrected chi connectivity index (χ1v) is 10.1. The monoisotopic (exact) mass is 401 g/mol. The fourth-order valence-corrected chi connectivity index (χ4v) is 3.83. The molecule has 0 amide bonds. The molecule has 5 rings (SSSR count). The van der Waals surface area contributed by atoms with E-state index in [2.05, 4.69) is 63.5 Å². The first kappa shape index (κ1) is 18.7. The van der Waals surface area contributed by atoms with Crippen molar-refractivity contribution >= 4 is 17.0 Å². The Balaban J connectivity index is 1.15. The molecule has 2 aromatic carbocycles. The van der Waals surface area contributed by atoms with Crippen LogP contribution in [0.5, 0.6) is 0 Å². The zero-order chi connectivity index (χ0) is 20.3. The maximum absolute atomic E-state index is 6.17. The Kier molecular flexibility index (Phi) is 5.13. The quantitative estimate of drug-likeness (QED) is 0.526. The normalized spacial score (nSPS) is 18.8. The molecule has 152 valence electrons. The average Bonchev–Trinajstić information content (AvgIpc) is 3.43. The molecule has 0 aliphatic carbocycles. The highest BCUT2D eigenvalue weighted by Gasteiger charge is 2.28. The topological polar surface area (TPSA) is 88.1 Å². The predicted octanol–water partition coefficient (Wildman–Crippen LogP) is 3.97. The van der Waals surface area contributed by atoms with Crippen LogP contribution in [0.25, 0.3) is 22.3 Å². The summed E-state index contributed by atoms with van der Waals surface area (Å²) in [6.45, 7) is 1.12. The van der Waals surface area contributed by atoms with Crippen LogP contribution in [0.15, 0.2) is 67.3 Å². The summed E-state index contributed by atoms with van der Waals surface area (Å²) < 4.78 is 14.0. The second-order valence-electron chi connectivity index (χ2n) is 7.45. The van der Waals surface area contributed by atoms with Gasteiger partial charge in [0.15, 0.2) is 11.5 Å². The summed E-state index contributed by atoms with van der Waals surface area (Å²) in [6.07, 6.45) is 4.93. The number of ether oxygens (including phenoxy) is 2. The van der Waals surface area contributed by atoms with E-state index in [1.54, 1.807) is 6.33 Å². The van der Waals surface area contributed by atoms with Crippen molar-refractivity contribution in [2.45, 2.75) is 31.8 Å². The number of hydrogen-bond donors (Lipinski definition) is 1. The molecule has 30 heavy (non-hydrogen) atoms. The molecule has 1 fully saturated rings. The summed E-state index contributed by atoms with van der Waals surface area (Å²) >= 11 is 0. The minimum absolute atomic E-state index is 0.0511. The number of hydrogen-bond acceptors (Lipinski definition) is 6. The lowest BCUT2D eigenvalue weighted by Crippen LogP contribution is -2.16. The van der Waals surface area contributed by atoms with Crippen molar-refractivity contribution in [1.29, 1.82) is 0 Å². The fraction of sp³-hybridized carbons (Fsp3) is 0.261. The van der Waals surface area contributed by atoms with E-state index in [-0.39, 0.29) is 12.3 Å². The van der Waals surface area contributed by atoms with Crippen LogP contribution in [0.4, 0.5) is 5.82 Å². The van der Waals surface area contributed by atoms with Crippen LogP contribution < -0.4 is 5.73 Å². The number of nitrogens with two attached hydrogens (primary N) is 1. The second-order valence-corrected chi connectivity index (χ2v) is 7.45. The molecule has 7 heteroatoms. The first-order valence-electron chi connectivity index (χ1n) is 10.1. The van der Waals surface area contributed by atoms with Crippen molar-refractivity contribution in [2.75, 3.05) is 12.3 Å². The van der Waals surface area contributed by atoms with E-state index in [9.17, 15) is 0 Å². The third-order valence-electron chi connectivity index (χ3n) is 5.42. The molecule has 1 aliphatic rings. The summed E-state index contributed by atoms with van der Waals surface area (Å²) in [5.41, 5.74) is 10.8. The van der Waals surface area contributed by atoms with E-state index in [4.69, 9.17) is 15.2 Å². The standard InChI is InChI=1S/C23H23N5O2/c24-22-21-23(26-14-25-22)28(15-27-21)20-11-10-19(30-20)13-29-12-16-6-8-18(9-7-16)17-4-2-1-3-5-17/h1-9,14-15,19-20H,10-13H2,(H2,24,25,26)/t19-,20+/m0/s1. The Labute approximate surface area is 174 Å². The molecule has 0 unspecified atom stereocenters. The number of imidazole rings is 1. The van der Waals surface area contributed by atoms with Crippen LogP contribution in [0.1, 0.15) is 24.6 Å². The van der Waals surface area contributed by atoms with Gasteiger partial charge in [0.05, 0.1) is 25.6 Å². The maximum Gasteiger partial charge on any atom is 0.167 e. The number of nitrogen functional groups attached to an aromatic ring is 1. The number of anilines is 1. The molecule has 7 nitrogen and oxygen atoms in total. The zero-order valence-corrected chi connectivity index (χ0v) is 16.5. The first-order chi connectivity index (χ1) is 14.8. The summed E-state index contributed by atoms with van der Waals surface area (Å²) in [5.74, 6) is 0.384. The van der Waals surface area contributed by atoms with Crippen LogP contribution in [-0.2, 0) is 16.1 Å². The highest BCUT2D eigenvalue weighted by Crippen LogP contribution is 2.31. The van der Waals surface area contributed by atoms with Crippen LogP contribution in [0, 0.1) is 0 Å². The van der Waals surface area contributed by atoms with Gasteiger partial charge in [-0.1, -0.05) is 54.6 Å². The average molecular weight is 401 g/mol. The van der Waals surface area contributed by atoms with Gasteiger partial charge in [0.2, 0.25) is 0 Å². The molecule has 0 radical (unpaired) electrons. The number of nitrogens with zero attached hydrogens (tertiary/aromatic N) is 4. The largest absolute Gasteiger partial charge is 0.382 e. The van der Waals surface area contributed by atoms with Gasteiger partial charge in [-0.05, 0) is 29.5 Å². The second kappa shape index (κ2) is 8.22. The van der Waals surface area contributed by atoms with Gasteiger partial charge >= 0.3 is 0 Å². The van der Waals surface area contributed by atoms with Crippen LogP contribution in [-0.4, -0.2) is 32.2 Å². The van der Waals surface area contributed by atoms with Crippen molar-refractivity contribution in [3.05, 3.63) is 72.8 Å². The van der Waals surface area contributed by atoms with Crippen molar-refractivity contribution in [2.24, 2.45) is 0 Å². The summed E-state index contributed by atoms with van der Waals surface area (Å²) in [7, 11) is 0. The zero-order valence-electron chi connectivity index (χ0n) is 16.5. The summed E-state index contributed by atoms with van der Waals surface area (Å²) in [4.78, 5) is 12.6. The molecule has 1 saturated heterocycles. The number of aromatic nitrogens is 4. The lowest BCUT2D eigenvalue weighted by molar-refractivity contribution is -0.0433. The molecule has 4 aromatic rings. The van der Waals surface area contributed by atoms with Gasteiger partial charge in [-0.3, -0.25) is 4.57 Å². The van der Waals surface area contributed by atoms with Gasteiger partial charge in [0, 0.05) is 0 Å². The molecule has 0 spiro atoms. The van der Waals surface area contributed by atoms with E-state index in [0.29, 0.717) is 30.2 Å². The van der Waals surface area contributed by atoms with Gasteiger partial charge < -0.3 is 15.2 Å². The summed E-state index contributed by atoms with van der Waals surface area (Å²) in [6, 6.07) is 18.9. The van der Waals surface area contributed by atoms with Gasteiger partial charge in [-0.2, -0.15) is 0 Å². The Morgan fingerprint density at radius 1 is 0.967 bits per heavy atom. The lowest BCUT2D eigenvalue weighted by atomic mass is 10.0. The molecule has 2 aromatic heterocycles. The van der Waals surface area contributed by atoms with Gasteiger partial charge in [0.25, 0.3) is 0 Å². The molecule has 3 heterocycles. The van der Waals surface area contributed by atoms with E-state index >= 15 is 0 Å². The minimum Gasteiger partial charge on any atom is -0.382 e. The lowest BCUT2D eigenvalue weighted by Gasteiger charge is -2.15. The Morgan fingerprint density at radius 3 is 2.60 bits per heavy atom. The molecule has 2 N–H and O–H groups in total. The summed E-state index contributed by atoms with van der Waals surface area (Å²) in [5, 5.41) is 0. The Hall–Kier alpha value is -3.29. The SMILES string of the molecule is Nc1ncnc2c1ncn2[C@H]1CC[C@@H](COCc2ccc(-c3ccccc3)cc2)O1. The minimum atomic E-state index is -0.108. The molecule has 2 atom stereocenters. The molecule has 0 bridgehead atoms. The van der Waals surface area contributed by atoms with Gasteiger partial charge in [-0.15, -0.1) is 0 Å². The van der Waals surface area contributed by atoms with Crippen molar-refractivity contribution < 1.29 is 9.47 Å². The maximum atomic E-state index is 6.17. The fourth-order valence-electron chi connectivity index (χ4n) is 3.83. The molecule has 0 saturated carbocycles.